The minimum absolute atomic E-state index is 0.0766. The summed E-state index contributed by atoms with van der Waals surface area (Å²) >= 11 is 0. The lowest BCUT2D eigenvalue weighted by Crippen LogP contribution is -2.45. The Hall–Kier alpha value is -1.33. The van der Waals surface area contributed by atoms with E-state index in [0.717, 1.165) is 32.0 Å². The molecule has 5 heteroatoms. The van der Waals surface area contributed by atoms with E-state index < -0.39 is 5.82 Å². The van der Waals surface area contributed by atoms with Crippen molar-refractivity contribution in [3.05, 3.63) is 29.8 Å². The number of aliphatic hydroxyl groups excluding tert-OH is 1. The first kappa shape index (κ1) is 15.1. The smallest absolute Gasteiger partial charge is 0.185 e. The number of halogens is 1. The molecule has 1 saturated heterocycles. The Kier molecular flexibility index (Phi) is 5.20. The summed E-state index contributed by atoms with van der Waals surface area (Å²) in [5.41, 5.74) is 0.302. The second kappa shape index (κ2) is 6.90. The van der Waals surface area contributed by atoms with Crippen LogP contribution in [0.2, 0.25) is 0 Å². The molecule has 1 aromatic rings. The van der Waals surface area contributed by atoms with Gasteiger partial charge in [-0.3, -0.25) is 14.7 Å². The highest BCUT2D eigenvalue weighted by molar-refractivity contribution is 5.95. The van der Waals surface area contributed by atoms with Crippen molar-refractivity contribution in [3.63, 3.8) is 0 Å². The Morgan fingerprint density at radius 2 is 2.35 bits per heavy atom. The van der Waals surface area contributed by atoms with Crippen LogP contribution in [0.25, 0.3) is 0 Å². The number of hydrogen-bond acceptors (Lipinski definition) is 4. The van der Waals surface area contributed by atoms with E-state index in [4.69, 9.17) is 0 Å². The molecule has 0 amide bonds. The van der Waals surface area contributed by atoms with Crippen molar-refractivity contribution in [1.82, 2.24) is 9.88 Å². The van der Waals surface area contributed by atoms with Crippen LogP contribution < -0.4 is 0 Å². The predicted molar refractivity (Wildman–Crippen MR) is 74.0 cm³/mol. The number of pyridine rings is 1. The molecule has 1 aromatic heterocycles. The third-order valence-electron chi connectivity index (χ3n) is 3.90. The van der Waals surface area contributed by atoms with Gasteiger partial charge in [-0.15, -0.1) is 0 Å². The van der Waals surface area contributed by atoms with Gasteiger partial charge >= 0.3 is 0 Å². The summed E-state index contributed by atoms with van der Waals surface area (Å²) in [5.74, 6) is -0.724. The maximum Gasteiger partial charge on any atom is 0.185 e. The van der Waals surface area contributed by atoms with Crippen molar-refractivity contribution in [2.45, 2.75) is 32.2 Å². The van der Waals surface area contributed by atoms with Gasteiger partial charge in [0.05, 0.1) is 12.8 Å². The van der Waals surface area contributed by atoms with Crippen LogP contribution in [-0.4, -0.2) is 46.5 Å². The Morgan fingerprint density at radius 1 is 1.55 bits per heavy atom. The first-order valence-electron chi connectivity index (χ1n) is 7.12. The lowest BCUT2D eigenvalue weighted by molar-refractivity contribution is 0.0671. The molecule has 2 unspecified atom stereocenters. The van der Waals surface area contributed by atoms with E-state index in [1.165, 1.54) is 12.1 Å². The van der Waals surface area contributed by atoms with Crippen molar-refractivity contribution in [1.29, 1.82) is 0 Å². The van der Waals surface area contributed by atoms with Gasteiger partial charge < -0.3 is 5.11 Å². The maximum atomic E-state index is 12.8. The summed E-state index contributed by atoms with van der Waals surface area (Å²) in [6.07, 6.45) is 4.28. The van der Waals surface area contributed by atoms with Crippen LogP contribution in [0.4, 0.5) is 4.39 Å². The van der Waals surface area contributed by atoms with Gasteiger partial charge in [-0.1, -0.05) is 13.3 Å². The van der Waals surface area contributed by atoms with Gasteiger partial charge in [-0.2, -0.15) is 0 Å². The van der Waals surface area contributed by atoms with E-state index in [9.17, 15) is 14.3 Å². The molecular formula is C15H21FN2O2. The average molecular weight is 280 g/mol. The van der Waals surface area contributed by atoms with Gasteiger partial charge in [0.15, 0.2) is 5.78 Å². The number of likely N-dealkylation sites (tertiary alicyclic amines) is 1. The molecule has 20 heavy (non-hydrogen) atoms. The average Bonchev–Trinajstić information content (AvgIpc) is 2.48. The third kappa shape index (κ3) is 3.61. The highest BCUT2D eigenvalue weighted by atomic mass is 19.1. The summed E-state index contributed by atoms with van der Waals surface area (Å²) in [7, 11) is 0. The van der Waals surface area contributed by atoms with E-state index in [-0.39, 0.29) is 24.3 Å². The predicted octanol–water partition coefficient (Wildman–Crippen LogP) is 1.89. The molecule has 4 nitrogen and oxygen atoms in total. The number of carbonyl (C=O) groups excluding carboxylic acids is 1. The topological polar surface area (TPSA) is 53.4 Å². The molecule has 0 saturated carbocycles. The fourth-order valence-corrected chi connectivity index (χ4v) is 2.72. The molecule has 2 atom stereocenters. The first-order chi connectivity index (χ1) is 9.61. The number of nitrogens with zero attached hydrogens (tertiary/aromatic N) is 2. The largest absolute Gasteiger partial charge is 0.395 e. The van der Waals surface area contributed by atoms with Crippen molar-refractivity contribution in [2.24, 2.45) is 5.92 Å². The molecule has 0 radical (unpaired) electrons. The lowest BCUT2D eigenvalue weighted by Gasteiger charge is -2.35. The maximum absolute atomic E-state index is 12.8. The van der Waals surface area contributed by atoms with Gasteiger partial charge in [0.1, 0.15) is 11.5 Å². The van der Waals surface area contributed by atoms with Crippen molar-refractivity contribution in [2.75, 3.05) is 19.7 Å². The number of piperidine rings is 1. The molecule has 0 spiro atoms. The number of carbonyl (C=O) groups is 1. The molecule has 0 aromatic carbocycles. The van der Waals surface area contributed by atoms with Crippen LogP contribution in [0.1, 0.15) is 36.7 Å². The Labute approximate surface area is 118 Å². The number of aromatic nitrogens is 1. The normalized spacial score (nSPS) is 21.6. The molecule has 1 aliphatic heterocycles. The highest BCUT2D eigenvalue weighted by Gasteiger charge is 2.26. The van der Waals surface area contributed by atoms with Crippen LogP contribution in [0.5, 0.6) is 0 Å². The van der Waals surface area contributed by atoms with Gasteiger partial charge in [0.2, 0.25) is 0 Å². The number of ketones is 1. The molecule has 2 heterocycles. The zero-order valence-electron chi connectivity index (χ0n) is 11.8. The third-order valence-corrected chi connectivity index (χ3v) is 3.90. The van der Waals surface area contributed by atoms with Crippen LogP contribution >= 0.6 is 0 Å². The van der Waals surface area contributed by atoms with Crippen molar-refractivity contribution in [3.8, 4) is 0 Å². The fraction of sp³-hybridized carbons (Fsp3) is 0.600. The van der Waals surface area contributed by atoms with Crippen LogP contribution in [0.15, 0.2) is 18.3 Å². The van der Waals surface area contributed by atoms with Gasteiger partial charge in [-0.25, -0.2) is 4.39 Å². The minimum Gasteiger partial charge on any atom is -0.395 e. The highest BCUT2D eigenvalue weighted by Crippen LogP contribution is 2.19. The fourth-order valence-electron chi connectivity index (χ4n) is 2.72. The molecule has 110 valence electrons. The minimum atomic E-state index is -0.439. The number of rotatable bonds is 5. The van der Waals surface area contributed by atoms with Gasteiger partial charge in [-0.05, 0) is 31.5 Å². The van der Waals surface area contributed by atoms with Gasteiger partial charge in [0.25, 0.3) is 0 Å². The molecule has 2 rings (SSSR count). The SMILES string of the molecule is CC(CN1CCCCC1CO)C(=O)c1ccc(F)cn1. The summed E-state index contributed by atoms with van der Waals surface area (Å²) in [5, 5.41) is 9.38. The summed E-state index contributed by atoms with van der Waals surface area (Å²) in [6, 6.07) is 2.83. The second-order valence-electron chi connectivity index (χ2n) is 5.45. The molecule has 0 bridgehead atoms. The number of hydrogen-bond donors (Lipinski definition) is 1. The molecule has 1 N–H and O–H groups in total. The number of Topliss-reactive ketones (excluding diaryl/α,β-unsaturated/α-hetero) is 1. The Bertz CT molecular complexity index is 450. The lowest BCUT2D eigenvalue weighted by atomic mass is 9.97. The Balaban J connectivity index is 1.98. The second-order valence-corrected chi connectivity index (χ2v) is 5.45. The van der Waals surface area contributed by atoms with E-state index in [1.54, 1.807) is 0 Å². The zero-order chi connectivity index (χ0) is 14.5. The Morgan fingerprint density at radius 3 is 3.00 bits per heavy atom. The molecular weight excluding hydrogens is 259 g/mol. The molecule has 1 fully saturated rings. The van der Waals surface area contributed by atoms with Crippen molar-refractivity contribution >= 4 is 5.78 Å². The summed E-state index contributed by atoms with van der Waals surface area (Å²) in [6.45, 7) is 3.52. The monoisotopic (exact) mass is 280 g/mol. The quantitative estimate of drug-likeness (QED) is 0.837. The van der Waals surface area contributed by atoms with E-state index in [0.29, 0.717) is 12.2 Å². The molecule has 1 aliphatic rings. The molecule has 0 aliphatic carbocycles. The summed E-state index contributed by atoms with van der Waals surface area (Å²) < 4.78 is 12.8. The number of aliphatic hydroxyl groups is 1. The van der Waals surface area contributed by atoms with Crippen molar-refractivity contribution < 1.29 is 14.3 Å². The van der Waals surface area contributed by atoms with Crippen LogP contribution in [0.3, 0.4) is 0 Å². The summed E-state index contributed by atoms with van der Waals surface area (Å²) in [4.78, 5) is 18.3. The van der Waals surface area contributed by atoms with Crippen LogP contribution in [-0.2, 0) is 0 Å². The van der Waals surface area contributed by atoms with E-state index in [1.807, 2.05) is 6.92 Å². The van der Waals surface area contributed by atoms with Crippen LogP contribution in [0, 0.1) is 11.7 Å². The standard InChI is InChI=1S/C15H21FN2O2/c1-11(9-18-7-3-2-4-13(18)10-19)15(20)14-6-5-12(16)8-17-14/h5-6,8,11,13,19H,2-4,7,9-10H2,1H3. The van der Waals surface area contributed by atoms with Gasteiger partial charge in [0, 0.05) is 18.5 Å². The van der Waals surface area contributed by atoms with E-state index >= 15 is 0 Å². The first-order valence-corrected chi connectivity index (χ1v) is 7.12. The zero-order valence-corrected chi connectivity index (χ0v) is 11.8. The van der Waals surface area contributed by atoms with E-state index in [2.05, 4.69) is 9.88 Å².